The van der Waals surface area contributed by atoms with Gasteiger partial charge in [-0.2, -0.15) is 15.8 Å². The molecule has 0 bridgehead atoms. The molecule has 0 aromatic rings. The Morgan fingerprint density at radius 1 is 0.714 bits per heavy atom. The summed E-state index contributed by atoms with van der Waals surface area (Å²) >= 11 is 0. The summed E-state index contributed by atoms with van der Waals surface area (Å²) in [5.74, 6) is -0.729. The van der Waals surface area contributed by atoms with Crippen molar-refractivity contribution in [3.05, 3.63) is 0 Å². The maximum atomic E-state index is 8.99. The Bertz CT molecular complexity index is 348. The lowest BCUT2D eigenvalue weighted by molar-refractivity contribution is 0.563. The Morgan fingerprint density at radius 3 is 1.62 bits per heavy atom. The highest BCUT2D eigenvalue weighted by Crippen LogP contribution is 2.26. The van der Waals surface area contributed by atoms with Crippen LogP contribution >= 0.6 is 8.58 Å². The van der Waals surface area contributed by atoms with Gasteiger partial charge in [0.25, 0.3) is 0 Å². The average molecular weight is 306 g/mol. The third-order valence-corrected chi connectivity index (χ3v) is 5.55. The van der Waals surface area contributed by atoms with Gasteiger partial charge in [-0.25, -0.2) is 0 Å². The van der Waals surface area contributed by atoms with Crippen LogP contribution in [0.5, 0.6) is 0 Å². The van der Waals surface area contributed by atoms with Gasteiger partial charge in [0.15, 0.2) is 11.6 Å². The first-order valence-corrected chi connectivity index (χ1v) is 9.80. The van der Waals surface area contributed by atoms with E-state index in [1.807, 2.05) is 12.1 Å². The van der Waals surface area contributed by atoms with Gasteiger partial charge in [-0.1, -0.05) is 58.3 Å². The van der Waals surface area contributed by atoms with Crippen molar-refractivity contribution >= 4 is 8.58 Å². The summed E-state index contributed by atoms with van der Waals surface area (Å²) in [5, 5.41) is 26.6. The zero-order valence-corrected chi connectivity index (χ0v) is 14.5. The molecule has 2 atom stereocenters. The smallest absolute Gasteiger partial charge is 0.182 e. The maximum absolute atomic E-state index is 8.99. The van der Waals surface area contributed by atoms with E-state index < -0.39 is 5.92 Å². The monoisotopic (exact) mass is 306 g/mol. The zero-order valence-electron chi connectivity index (χ0n) is 13.4. The Hall–Kier alpha value is -1.10. The molecule has 0 spiro atoms. The van der Waals surface area contributed by atoms with E-state index in [1.54, 1.807) is 0 Å². The van der Waals surface area contributed by atoms with Gasteiger partial charge >= 0.3 is 0 Å². The van der Waals surface area contributed by atoms with Gasteiger partial charge in [-0.15, -0.1) is 0 Å². The second-order valence-electron chi connectivity index (χ2n) is 5.60. The Balaban J connectivity index is 3.42. The van der Waals surface area contributed by atoms with Gasteiger partial charge < -0.3 is 0 Å². The number of nitriles is 3. The lowest BCUT2D eigenvalue weighted by Crippen LogP contribution is -2.10. The summed E-state index contributed by atoms with van der Waals surface area (Å²) in [5.41, 5.74) is -0.335. The number of hydrogen-bond acceptors (Lipinski definition) is 3. The fraction of sp³-hybridized carbons (Fsp3) is 0.824. The van der Waals surface area contributed by atoms with Crippen LogP contribution in [-0.2, 0) is 0 Å². The molecule has 0 saturated heterocycles. The van der Waals surface area contributed by atoms with Crippen molar-refractivity contribution in [1.82, 2.24) is 0 Å². The minimum Gasteiger partial charge on any atom is -0.197 e. The molecular weight excluding hydrogens is 277 g/mol. The molecule has 0 radical (unpaired) electrons. The van der Waals surface area contributed by atoms with Crippen LogP contribution in [0.25, 0.3) is 0 Å². The fourth-order valence-corrected chi connectivity index (χ4v) is 3.82. The zero-order chi connectivity index (χ0) is 15.8. The third kappa shape index (κ3) is 11.3. The molecule has 0 amide bonds. The minimum atomic E-state index is -0.729. The van der Waals surface area contributed by atoms with E-state index in [9.17, 15) is 0 Å². The lowest BCUT2D eigenvalue weighted by Gasteiger charge is -2.03. The highest BCUT2D eigenvalue weighted by Gasteiger charge is 2.25. The number of hydrogen-bond donors (Lipinski definition) is 0. The van der Waals surface area contributed by atoms with Gasteiger partial charge in [-0.05, 0) is 12.8 Å². The number of unbranched alkanes of at least 4 members (excludes halogenated alkanes) is 9. The first kappa shape index (κ1) is 19.9. The van der Waals surface area contributed by atoms with E-state index in [4.69, 9.17) is 15.8 Å². The summed E-state index contributed by atoms with van der Waals surface area (Å²) in [6.07, 6.45) is 14.2. The molecule has 0 aliphatic rings. The molecular formula is C17H29N3P+. The second kappa shape index (κ2) is 15.3. The molecule has 2 unspecified atom stereocenters. The molecule has 116 valence electrons. The van der Waals surface area contributed by atoms with E-state index in [2.05, 4.69) is 13.0 Å². The largest absolute Gasteiger partial charge is 0.197 e. The highest BCUT2D eigenvalue weighted by molar-refractivity contribution is 7.39. The molecule has 0 saturated carbocycles. The topological polar surface area (TPSA) is 71.4 Å². The van der Waals surface area contributed by atoms with Crippen molar-refractivity contribution < 1.29 is 0 Å². The molecule has 0 aliphatic carbocycles. The summed E-state index contributed by atoms with van der Waals surface area (Å²) in [6, 6.07) is 5.99. The van der Waals surface area contributed by atoms with Crippen LogP contribution in [0.2, 0.25) is 0 Å². The van der Waals surface area contributed by atoms with Crippen molar-refractivity contribution in [3.8, 4) is 18.2 Å². The average Bonchev–Trinajstić information content (AvgIpc) is 2.51. The van der Waals surface area contributed by atoms with E-state index in [1.165, 1.54) is 57.8 Å². The molecule has 0 aliphatic heterocycles. The van der Waals surface area contributed by atoms with Gasteiger partial charge in [0.05, 0.1) is 18.3 Å². The second-order valence-corrected chi connectivity index (χ2v) is 7.36. The minimum absolute atomic E-state index is 0.0903. The van der Waals surface area contributed by atoms with Crippen LogP contribution in [-0.4, -0.2) is 11.8 Å². The van der Waals surface area contributed by atoms with Gasteiger partial charge in [-0.3, -0.25) is 0 Å². The summed E-state index contributed by atoms with van der Waals surface area (Å²) < 4.78 is 0. The predicted molar refractivity (Wildman–Crippen MR) is 90.5 cm³/mol. The maximum Gasteiger partial charge on any atom is 0.182 e. The molecule has 0 N–H and O–H groups in total. The SMILES string of the molecule is CCCCCCCCCCCC[PH2+]C(C#N)C(C#N)C#N. The highest BCUT2D eigenvalue weighted by atomic mass is 31.1. The first-order chi connectivity index (χ1) is 10.3. The summed E-state index contributed by atoms with van der Waals surface area (Å²) in [4.78, 5) is 0. The van der Waals surface area contributed by atoms with E-state index in [0.29, 0.717) is 0 Å². The van der Waals surface area contributed by atoms with Crippen LogP contribution in [0.15, 0.2) is 0 Å². The Morgan fingerprint density at radius 2 is 1.19 bits per heavy atom. The molecule has 21 heavy (non-hydrogen) atoms. The quantitative estimate of drug-likeness (QED) is 0.360. The van der Waals surface area contributed by atoms with Crippen LogP contribution in [0, 0.1) is 39.9 Å². The molecule has 0 fully saturated rings. The van der Waals surface area contributed by atoms with Crippen molar-refractivity contribution in [2.45, 2.75) is 76.8 Å². The number of rotatable bonds is 13. The standard InChI is InChI=1S/C17H28N3P/c1-2-3-4-5-6-7-8-9-10-11-12-21-17(15-20)16(13-18)14-19/h16-17,21H,2-12H2,1H3/p+1. The van der Waals surface area contributed by atoms with E-state index >= 15 is 0 Å². The van der Waals surface area contributed by atoms with Crippen LogP contribution in [0.4, 0.5) is 0 Å². The third-order valence-electron chi connectivity index (χ3n) is 3.76. The normalized spacial score (nSPS) is 12.1. The lowest BCUT2D eigenvalue weighted by atomic mass is 10.1. The molecule has 0 heterocycles. The Labute approximate surface area is 132 Å². The molecule has 0 rings (SSSR count). The van der Waals surface area contributed by atoms with Crippen LogP contribution in [0.1, 0.15) is 71.1 Å². The molecule has 4 heteroatoms. The van der Waals surface area contributed by atoms with Gasteiger partial charge in [0.2, 0.25) is 0 Å². The van der Waals surface area contributed by atoms with Gasteiger partial charge in [0, 0.05) is 8.58 Å². The summed E-state index contributed by atoms with van der Waals surface area (Å²) in [6.45, 7) is 2.24. The predicted octanol–water partition coefficient (Wildman–Crippen LogP) is 4.87. The van der Waals surface area contributed by atoms with E-state index in [0.717, 1.165) is 12.6 Å². The van der Waals surface area contributed by atoms with Crippen molar-refractivity contribution in [2.24, 2.45) is 5.92 Å². The van der Waals surface area contributed by atoms with Crippen LogP contribution < -0.4 is 0 Å². The number of nitrogens with zero attached hydrogens (tertiary/aromatic N) is 3. The molecule has 0 aromatic carbocycles. The van der Waals surface area contributed by atoms with Gasteiger partial charge in [0.1, 0.15) is 6.07 Å². The fourth-order valence-electron chi connectivity index (χ4n) is 2.38. The Kier molecular flexibility index (Phi) is 14.5. The first-order valence-electron chi connectivity index (χ1n) is 8.32. The van der Waals surface area contributed by atoms with Crippen molar-refractivity contribution in [1.29, 1.82) is 15.8 Å². The van der Waals surface area contributed by atoms with Crippen molar-refractivity contribution in [3.63, 3.8) is 0 Å². The van der Waals surface area contributed by atoms with Crippen molar-refractivity contribution in [2.75, 3.05) is 6.16 Å². The van der Waals surface area contributed by atoms with Crippen LogP contribution in [0.3, 0.4) is 0 Å². The molecule has 3 nitrogen and oxygen atoms in total. The molecule has 0 aromatic heterocycles. The summed E-state index contributed by atoms with van der Waals surface area (Å²) in [7, 11) is -0.0903. The van der Waals surface area contributed by atoms with E-state index in [-0.39, 0.29) is 14.2 Å².